The van der Waals surface area contributed by atoms with Gasteiger partial charge in [-0.15, -0.1) is 5.10 Å². The molecule has 0 spiro atoms. The number of nitrogens with one attached hydrogen (secondary N) is 2. The Bertz CT molecular complexity index is 1260. The summed E-state index contributed by atoms with van der Waals surface area (Å²) in [5, 5.41) is 11.0. The third-order valence-electron chi connectivity index (χ3n) is 5.68. The van der Waals surface area contributed by atoms with Crippen molar-refractivity contribution in [3.8, 4) is 11.5 Å². The largest absolute Gasteiger partial charge is 0.494 e. The van der Waals surface area contributed by atoms with Crippen LogP contribution in [0.2, 0.25) is 0 Å². The van der Waals surface area contributed by atoms with E-state index in [4.69, 9.17) is 9.47 Å². The summed E-state index contributed by atoms with van der Waals surface area (Å²) in [5.74, 6) is 2.32. The molecule has 0 unspecified atom stereocenters. The number of benzene rings is 3. The van der Waals surface area contributed by atoms with E-state index in [9.17, 15) is 4.79 Å². The Kier molecular flexibility index (Phi) is 9.12. The highest BCUT2D eigenvalue weighted by Crippen LogP contribution is 2.17. The molecule has 8 heteroatoms. The van der Waals surface area contributed by atoms with E-state index in [0.717, 1.165) is 28.2 Å². The smallest absolute Gasteiger partial charge is 0.250 e. The van der Waals surface area contributed by atoms with Gasteiger partial charge in [0, 0.05) is 19.5 Å². The fourth-order valence-corrected chi connectivity index (χ4v) is 3.78. The lowest BCUT2D eigenvalue weighted by Gasteiger charge is -2.08. The molecule has 4 rings (SSSR count). The summed E-state index contributed by atoms with van der Waals surface area (Å²) in [7, 11) is 0. The molecule has 0 bridgehead atoms. The Labute approximate surface area is 217 Å². The Hall–Kier alpha value is -4.33. The maximum absolute atomic E-state index is 13.1. The number of nitrogens with zero attached hydrogens (tertiary/aromatic N) is 3. The van der Waals surface area contributed by atoms with Crippen molar-refractivity contribution in [2.45, 2.75) is 39.8 Å². The van der Waals surface area contributed by atoms with Crippen LogP contribution in [0, 0.1) is 0 Å². The van der Waals surface area contributed by atoms with Crippen LogP contribution in [0.15, 0.2) is 78.9 Å². The van der Waals surface area contributed by atoms with Crippen molar-refractivity contribution in [1.29, 1.82) is 0 Å². The quantitative estimate of drug-likeness (QED) is 0.248. The van der Waals surface area contributed by atoms with Crippen molar-refractivity contribution >= 4 is 17.8 Å². The van der Waals surface area contributed by atoms with Gasteiger partial charge in [0.25, 0.3) is 0 Å². The minimum Gasteiger partial charge on any atom is -0.494 e. The Balaban J connectivity index is 1.45. The molecule has 8 nitrogen and oxygen atoms in total. The van der Waals surface area contributed by atoms with Crippen molar-refractivity contribution < 1.29 is 14.3 Å². The number of carbonyl (C=O) groups excluding carboxylic acids is 1. The first-order chi connectivity index (χ1) is 18.1. The molecule has 192 valence electrons. The van der Waals surface area contributed by atoms with E-state index in [0.29, 0.717) is 51.0 Å². The standard InChI is InChI=1S/C29H33N5O3/c1-3-36-25-15-10-23(11-16-25)20-30-28-32-29(31-21-24-12-17-26(18-13-24)37-4-2)34(33-28)27(35)19-14-22-8-6-5-7-9-22/h5-13,15-18H,3-4,14,19-21H2,1-2H3,(H2,30,31,32,33). The molecule has 0 amide bonds. The van der Waals surface area contributed by atoms with Crippen LogP contribution in [0.1, 0.15) is 41.8 Å². The van der Waals surface area contributed by atoms with E-state index in [1.165, 1.54) is 4.68 Å². The maximum Gasteiger partial charge on any atom is 0.250 e. The number of hydrogen-bond acceptors (Lipinski definition) is 7. The molecule has 3 aromatic carbocycles. The lowest BCUT2D eigenvalue weighted by molar-refractivity contribution is 0.0890. The lowest BCUT2D eigenvalue weighted by Crippen LogP contribution is -2.17. The van der Waals surface area contributed by atoms with E-state index in [1.54, 1.807) is 0 Å². The third kappa shape index (κ3) is 7.57. The van der Waals surface area contributed by atoms with Crippen LogP contribution < -0.4 is 20.1 Å². The topological polar surface area (TPSA) is 90.3 Å². The van der Waals surface area contributed by atoms with E-state index < -0.39 is 0 Å². The van der Waals surface area contributed by atoms with Crippen LogP contribution in [0.5, 0.6) is 11.5 Å². The normalized spacial score (nSPS) is 10.6. The molecular formula is C29H33N5O3. The fourth-order valence-electron chi connectivity index (χ4n) is 3.78. The van der Waals surface area contributed by atoms with Gasteiger partial charge in [0.2, 0.25) is 17.8 Å². The summed E-state index contributed by atoms with van der Waals surface area (Å²) in [6.45, 7) is 6.18. The van der Waals surface area contributed by atoms with Crippen LogP contribution in [-0.2, 0) is 19.5 Å². The SMILES string of the molecule is CCOc1ccc(CNc2nc(NCc3ccc(OCC)cc3)n(C(=O)CCc3ccccc3)n2)cc1. The average molecular weight is 500 g/mol. The minimum atomic E-state index is -0.125. The minimum absolute atomic E-state index is 0.125. The molecule has 0 atom stereocenters. The van der Waals surface area contributed by atoms with Gasteiger partial charge >= 0.3 is 0 Å². The maximum atomic E-state index is 13.1. The third-order valence-corrected chi connectivity index (χ3v) is 5.68. The van der Waals surface area contributed by atoms with Gasteiger partial charge in [0.1, 0.15) is 11.5 Å². The summed E-state index contributed by atoms with van der Waals surface area (Å²) in [4.78, 5) is 17.7. The first-order valence-corrected chi connectivity index (χ1v) is 12.6. The van der Waals surface area contributed by atoms with E-state index in [-0.39, 0.29) is 5.91 Å². The van der Waals surface area contributed by atoms with Crippen LogP contribution in [0.25, 0.3) is 0 Å². The number of ether oxygens (including phenoxy) is 2. The summed E-state index contributed by atoms with van der Waals surface area (Å²) in [5.41, 5.74) is 3.20. The number of aromatic nitrogens is 3. The molecular weight excluding hydrogens is 466 g/mol. The van der Waals surface area contributed by atoms with Gasteiger partial charge in [-0.1, -0.05) is 54.6 Å². The molecule has 0 aliphatic heterocycles. The molecule has 0 aliphatic carbocycles. The second kappa shape index (κ2) is 13.1. The number of anilines is 2. The Morgan fingerprint density at radius 3 is 1.89 bits per heavy atom. The predicted octanol–water partition coefficient (Wildman–Crippen LogP) is 5.57. The first kappa shape index (κ1) is 25.8. The van der Waals surface area contributed by atoms with Crippen LogP contribution in [0.3, 0.4) is 0 Å². The van der Waals surface area contributed by atoms with Crippen molar-refractivity contribution in [3.05, 3.63) is 95.6 Å². The molecule has 0 aliphatic rings. The highest BCUT2D eigenvalue weighted by molar-refractivity contribution is 5.81. The van der Waals surface area contributed by atoms with Crippen molar-refractivity contribution in [2.75, 3.05) is 23.8 Å². The average Bonchev–Trinajstić information content (AvgIpc) is 3.35. The summed E-state index contributed by atoms with van der Waals surface area (Å²) < 4.78 is 12.4. The summed E-state index contributed by atoms with van der Waals surface area (Å²) >= 11 is 0. The number of carbonyl (C=O) groups is 1. The molecule has 4 aromatic rings. The van der Waals surface area contributed by atoms with E-state index in [2.05, 4.69) is 20.7 Å². The van der Waals surface area contributed by atoms with Crippen LogP contribution in [0.4, 0.5) is 11.9 Å². The fraction of sp³-hybridized carbons (Fsp3) is 0.276. The Morgan fingerprint density at radius 2 is 1.32 bits per heavy atom. The molecule has 0 fully saturated rings. The van der Waals surface area contributed by atoms with Gasteiger partial charge in [-0.25, -0.2) is 0 Å². The van der Waals surface area contributed by atoms with Gasteiger partial charge in [0.05, 0.1) is 13.2 Å². The zero-order valence-electron chi connectivity index (χ0n) is 21.3. The predicted molar refractivity (Wildman–Crippen MR) is 145 cm³/mol. The molecule has 37 heavy (non-hydrogen) atoms. The monoisotopic (exact) mass is 499 g/mol. The molecule has 0 saturated carbocycles. The second-order valence-electron chi connectivity index (χ2n) is 8.41. The van der Waals surface area contributed by atoms with Crippen LogP contribution >= 0.6 is 0 Å². The molecule has 2 N–H and O–H groups in total. The van der Waals surface area contributed by atoms with E-state index >= 15 is 0 Å². The number of aryl methyl sites for hydroxylation is 1. The molecule has 0 radical (unpaired) electrons. The molecule has 0 saturated heterocycles. The number of rotatable bonds is 13. The van der Waals surface area contributed by atoms with Crippen molar-refractivity contribution in [1.82, 2.24) is 14.8 Å². The van der Waals surface area contributed by atoms with E-state index in [1.807, 2.05) is 92.7 Å². The molecule has 1 aromatic heterocycles. The highest BCUT2D eigenvalue weighted by atomic mass is 16.5. The van der Waals surface area contributed by atoms with Gasteiger partial charge in [-0.05, 0) is 61.2 Å². The summed E-state index contributed by atoms with van der Waals surface area (Å²) in [6.07, 6.45) is 0.955. The first-order valence-electron chi connectivity index (χ1n) is 12.6. The van der Waals surface area contributed by atoms with Gasteiger partial charge in [-0.2, -0.15) is 9.67 Å². The summed E-state index contributed by atoms with van der Waals surface area (Å²) in [6, 6.07) is 25.6. The number of hydrogen-bond donors (Lipinski definition) is 2. The highest BCUT2D eigenvalue weighted by Gasteiger charge is 2.16. The zero-order valence-corrected chi connectivity index (χ0v) is 21.3. The van der Waals surface area contributed by atoms with Crippen molar-refractivity contribution in [3.63, 3.8) is 0 Å². The Morgan fingerprint density at radius 1 is 0.757 bits per heavy atom. The van der Waals surface area contributed by atoms with Gasteiger partial charge < -0.3 is 20.1 Å². The molecule has 1 heterocycles. The van der Waals surface area contributed by atoms with Gasteiger partial charge in [-0.3, -0.25) is 4.79 Å². The zero-order chi connectivity index (χ0) is 25.9. The van der Waals surface area contributed by atoms with Crippen LogP contribution in [-0.4, -0.2) is 33.9 Å². The second-order valence-corrected chi connectivity index (χ2v) is 8.41. The lowest BCUT2D eigenvalue weighted by atomic mass is 10.1. The van der Waals surface area contributed by atoms with Crippen molar-refractivity contribution in [2.24, 2.45) is 0 Å². The van der Waals surface area contributed by atoms with Gasteiger partial charge in [0.15, 0.2) is 0 Å².